The smallest absolute Gasteiger partial charge is 0.361 e. The zero-order valence-electron chi connectivity index (χ0n) is 9.46. The minimum absolute atomic E-state index is 0.626. The molecule has 0 rings (SSSR count). The van der Waals surface area contributed by atoms with Gasteiger partial charge in [-0.3, -0.25) is 0 Å². The molecule has 0 aliphatic rings. The first-order valence-corrected chi connectivity index (χ1v) is 10.4. The van der Waals surface area contributed by atoms with E-state index < -0.39 is 17.4 Å². The maximum absolute atomic E-state index is 5.67. The number of hydrogen-bond acceptors (Lipinski definition) is 2. The van der Waals surface area contributed by atoms with Crippen molar-refractivity contribution in [3.63, 3.8) is 0 Å². The van der Waals surface area contributed by atoms with Crippen LogP contribution in [-0.4, -0.2) is 30.6 Å². The predicted octanol–water partition coefficient (Wildman–Crippen LogP) is 2.25. The zero-order valence-corrected chi connectivity index (χ0v) is 11.6. The molecule has 78 valence electrons. The molecule has 0 unspecified atom stereocenters. The third-order valence-electron chi connectivity index (χ3n) is 1.65. The Balaban J connectivity index is 4.21. The standard InChI is InChI=1S/C9H22O2Si2/c1-6-10-13(5,11-7-2)9-8-12(3)4/h8-9,12H,6-7H2,1-5H3. The van der Waals surface area contributed by atoms with Gasteiger partial charge in [-0.15, -0.1) is 5.70 Å². The van der Waals surface area contributed by atoms with E-state index in [1.807, 2.05) is 13.8 Å². The summed E-state index contributed by atoms with van der Waals surface area (Å²) in [6.07, 6.45) is 0. The Bertz CT molecular complexity index is 152. The Morgan fingerprint density at radius 1 is 1.15 bits per heavy atom. The van der Waals surface area contributed by atoms with Crippen LogP contribution in [0.25, 0.3) is 0 Å². The SMILES string of the molecule is CCO[Si](C)(C=C[SiH](C)C)OCC. The fourth-order valence-corrected chi connectivity index (χ4v) is 5.44. The highest BCUT2D eigenvalue weighted by Crippen LogP contribution is 2.09. The van der Waals surface area contributed by atoms with Crippen LogP contribution in [-0.2, 0) is 8.85 Å². The molecule has 0 N–H and O–H groups in total. The largest absolute Gasteiger partial charge is 0.392 e. The molecule has 4 heteroatoms. The van der Waals surface area contributed by atoms with Crippen molar-refractivity contribution in [1.82, 2.24) is 0 Å². The molecule has 0 saturated carbocycles. The van der Waals surface area contributed by atoms with Crippen molar-refractivity contribution >= 4 is 17.4 Å². The highest BCUT2D eigenvalue weighted by molar-refractivity contribution is 6.74. The number of rotatable bonds is 6. The summed E-state index contributed by atoms with van der Waals surface area (Å²) in [6, 6.07) is 0. The summed E-state index contributed by atoms with van der Waals surface area (Å²) < 4.78 is 11.3. The van der Waals surface area contributed by atoms with Crippen LogP contribution >= 0.6 is 0 Å². The van der Waals surface area contributed by atoms with E-state index in [0.717, 1.165) is 13.2 Å². The molecule has 0 spiro atoms. The first-order chi connectivity index (χ1) is 6.04. The normalized spacial score (nSPS) is 13.1. The molecule has 0 heterocycles. The van der Waals surface area contributed by atoms with Crippen LogP contribution in [0, 0.1) is 0 Å². The molecule has 0 bridgehead atoms. The lowest BCUT2D eigenvalue weighted by Gasteiger charge is -2.22. The molecule has 0 fully saturated rings. The van der Waals surface area contributed by atoms with Crippen LogP contribution in [0.3, 0.4) is 0 Å². The van der Waals surface area contributed by atoms with Gasteiger partial charge in [0.2, 0.25) is 0 Å². The van der Waals surface area contributed by atoms with E-state index in [0.29, 0.717) is 0 Å². The van der Waals surface area contributed by atoms with Crippen molar-refractivity contribution < 1.29 is 8.85 Å². The molecular formula is C9H22O2Si2. The minimum atomic E-state index is -1.96. The lowest BCUT2D eigenvalue weighted by molar-refractivity contribution is 0.201. The summed E-state index contributed by atoms with van der Waals surface area (Å²) in [5.41, 5.74) is 4.49. The Labute approximate surface area is 84.8 Å². The summed E-state index contributed by atoms with van der Waals surface area (Å²) in [5, 5.41) is 0. The second-order valence-electron chi connectivity index (χ2n) is 3.49. The summed E-state index contributed by atoms with van der Waals surface area (Å²) in [6.45, 7) is 12.2. The van der Waals surface area contributed by atoms with Crippen molar-refractivity contribution in [2.24, 2.45) is 0 Å². The van der Waals surface area contributed by atoms with Gasteiger partial charge in [0, 0.05) is 13.2 Å². The second kappa shape index (κ2) is 6.53. The van der Waals surface area contributed by atoms with Crippen molar-refractivity contribution in [2.75, 3.05) is 13.2 Å². The summed E-state index contributed by atoms with van der Waals surface area (Å²) in [4.78, 5) is 0. The van der Waals surface area contributed by atoms with E-state index >= 15 is 0 Å². The van der Waals surface area contributed by atoms with Crippen LogP contribution in [0.1, 0.15) is 13.8 Å². The van der Waals surface area contributed by atoms with E-state index in [1.54, 1.807) is 0 Å². The Hall–Kier alpha value is 0.0938. The highest BCUT2D eigenvalue weighted by Gasteiger charge is 2.26. The van der Waals surface area contributed by atoms with Gasteiger partial charge in [0.15, 0.2) is 0 Å². The van der Waals surface area contributed by atoms with Gasteiger partial charge in [-0.1, -0.05) is 18.8 Å². The molecule has 2 nitrogen and oxygen atoms in total. The van der Waals surface area contributed by atoms with Crippen LogP contribution in [0.5, 0.6) is 0 Å². The van der Waals surface area contributed by atoms with Gasteiger partial charge < -0.3 is 8.85 Å². The molecule has 13 heavy (non-hydrogen) atoms. The second-order valence-corrected chi connectivity index (χ2v) is 9.30. The summed E-state index contributed by atoms with van der Waals surface area (Å²) in [5.74, 6) is 0. The topological polar surface area (TPSA) is 18.5 Å². The monoisotopic (exact) mass is 218 g/mol. The molecule has 0 aromatic rings. The van der Waals surface area contributed by atoms with E-state index in [2.05, 4.69) is 31.0 Å². The van der Waals surface area contributed by atoms with Gasteiger partial charge in [-0.05, 0) is 20.4 Å². The highest BCUT2D eigenvalue weighted by atomic mass is 28.4. The van der Waals surface area contributed by atoms with Crippen LogP contribution in [0.4, 0.5) is 0 Å². The molecule has 0 aromatic carbocycles. The molecule has 0 amide bonds. The maximum Gasteiger partial charge on any atom is 0.361 e. The van der Waals surface area contributed by atoms with E-state index in [-0.39, 0.29) is 0 Å². The Morgan fingerprint density at radius 3 is 1.92 bits per heavy atom. The lowest BCUT2D eigenvalue weighted by Crippen LogP contribution is -2.37. The van der Waals surface area contributed by atoms with Crippen molar-refractivity contribution in [1.29, 1.82) is 0 Å². The van der Waals surface area contributed by atoms with E-state index in [1.165, 1.54) is 0 Å². The molecule has 0 aliphatic heterocycles. The Kier molecular flexibility index (Phi) is 6.58. The van der Waals surface area contributed by atoms with Crippen LogP contribution < -0.4 is 0 Å². The van der Waals surface area contributed by atoms with Crippen molar-refractivity contribution in [2.45, 2.75) is 33.5 Å². The first kappa shape index (κ1) is 13.1. The third kappa shape index (κ3) is 6.20. The predicted molar refractivity (Wildman–Crippen MR) is 62.9 cm³/mol. The first-order valence-electron chi connectivity index (χ1n) is 5.01. The van der Waals surface area contributed by atoms with Gasteiger partial charge in [0.25, 0.3) is 0 Å². The molecule has 0 aromatic heterocycles. The average Bonchev–Trinajstić information content (AvgIpc) is 2.02. The van der Waals surface area contributed by atoms with Crippen molar-refractivity contribution in [3.05, 3.63) is 11.4 Å². The molecule has 0 saturated heterocycles. The summed E-state index contributed by atoms with van der Waals surface area (Å²) >= 11 is 0. The third-order valence-corrected chi connectivity index (χ3v) is 5.51. The zero-order chi connectivity index (χ0) is 10.3. The van der Waals surface area contributed by atoms with Gasteiger partial charge in [-0.2, -0.15) is 0 Å². The molecular weight excluding hydrogens is 196 g/mol. The van der Waals surface area contributed by atoms with Crippen LogP contribution in [0.15, 0.2) is 11.4 Å². The van der Waals surface area contributed by atoms with Crippen LogP contribution in [0.2, 0.25) is 19.6 Å². The van der Waals surface area contributed by atoms with Gasteiger partial charge >= 0.3 is 8.56 Å². The summed E-state index contributed by atoms with van der Waals surface area (Å²) in [7, 11) is -2.58. The molecule has 0 radical (unpaired) electrons. The van der Waals surface area contributed by atoms with Gasteiger partial charge in [-0.25, -0.2) is 0 Å². The van der Waals surface area contributed by atoms with E-state index in [9.17, 15) is 0 Å². The average molecular weight is 218 g/mol. The fourth-order valence-electron chi connectivity index (χ4n) is 1.08. The fraction of sp³-hybridized carbons (Fsp3) is 0.778. The van der Waals surface area contributed by atoms with Gasteiger partial charge in [0.05, 0.1) is 8.80 Å². The Morgan fingerprint density at radius 2 is 1.62 bits per heavy atom. The van der Waals surface area contributed by atoms with Gasteiger partial charge in [0.1, 0.15) is 0 Å². The molecule has 0 atom stereocenters. The molecule has 0 aliphatic carbocycles. The lowest BCUT2D eigenvalue weighted by atomic mass is 10.9. The van der Waals surface area contributed by atoms with E-state index in [4.69, 9.17) is 8.85 Å². The quantitative estimate of drug-likeness (QED) is 0.637. The van der Waals surface area contributed by atoms with Crippen molar-refractivity contribution in [3.8, 4) is 0 Å². The number of hydrogen-bond donors (Lipinski definition) is 0. The minimum Gasteiger partial charge on any atom is -0.392 e. The maximum atomic E-state index is 5.67.